The van der Waals surface area contributed by atoms with E-state index in [1.54, 1.807) is 14.2 Å². The highest BCUT2D eigenvalue weighted by Gasteiger charge is 2.14. The quantitative estimate of drug-likeness (QED) is 0.785. The van der Waals surface area contributed by atoms with E-state index in [2.05, 4.69) is 0 Å². The predicted molar refractivity (Wildman–Crippen MR) is 76.9 cm³/mol. The third kappa shape index (κ3) is 5.09. The Morgan fingerprint density at radius 1 is 1.21 bits per heavy atom. The maximum absolute atomic E-state index is 6.01. The second kappa shape index (κ2) is 8.02. The summed E-state index contributed by atoms with van der Waals surface area (Å²) in [6.07, 6.45) is 1.68. The highest BCUT2D eigenvalue weighted by Crippen LogP contribution is 2.33. The van der Waals surface area contributed by atoms with Crippen molar-refractivity contribution in [3.05, 3.63) is 23.8 Å². The van der Waals surface area contributed by atoms with Crippen molar-refractivity contribution in [2.45, 2.75) is 38.8 Å². The maximum atomic E-state index is 6.01. The molecule has 0 aliphatic rings. The summed E-state index contributed by atoms with van der Waals surface area (Å²) in [6.45, 7) is 4.69. The minimum absolute atomic E-state index is 0.0723. The topological polar surface area (TPSA) is 53.7 Å². The largest absolute Gasteiger partial charge is 0.493 e. The van der Waals surface area contributed by atoms with Gasteiger partial charge in [0.15, 0.2) is 11.5 Å². The molecular weight excluding hydrogens is 242 g/mol. The fraction of sp³-hybridized carbons (Fsp3) is 0.600. The molecule has 0 bridgehead atoms. The van der Waals surface area contributed by atoms with Gasteiger partial charge in [0.1, 0.15) is 0 Å². The van der Waals surface area contributed by atoms with Gasteiger partial charge in [-0.05, 0) is 31.9 Å². The van der Waals surface area contributed by atoms with Gasteiger partial charge in [0, 0.05) is 26.2 Å². The molecule has 0 heterocycles. The molecule has 2 atom stereocenters. The maximum Gasteiger partial charge on any atom is 0.164 e. The van der Waals surface area contributed by atoms with E-state index in [1.807, 2.05) is 32.0 Å². The molecule has 0 spiro atoms. The first kappa shape index (κ1) is 15.8. The number of para-hydroxylation sites is 1. The average molecular weight is 267 g/mol. The van der Waals surface area contributed by atoms with Crippen LogP contribution in [0.15, 0.2) is 18.2 Å². The van der Waals surface area contributed by atoms with Gasteiger partial charge in [-0.1, -0.05) is 12.1 Å². The Bertz CT molecular complexity index is 380. The van der Waals surface area contributed by atoms with E-state index in [4.69, 9.17) is 19.9 Å². The fourth-order valence-corrected chi connectivity index (χ4v) is 1.91. The van der Waals surface area contributed by atoms with Crippen LogP contribution in [0.4, 0.5) is 0 Å². The van der Waals surface area contributed by atoms with Crippen LogP contribution in [0.2, 0.25) is 0 Å². The normalized spacial score (nSPS) is 13.9. The summed E-state index contributed by atoms with van der Waals surface area (Å²) in [5.41, 5.74) is 6.96. The molecule has 2 N–H and O–H groups in total. The summed E-state index contributed by atoms with van der Waals surface area (Å²) in [7, 11) is 3.34. The fourth-order valence-electron chi connectivity index (χ4n) is 1.91. The minimum atomic E-state index is 0.0723. The first-order chi connectivity index (χ1) is 9.08. The molecule has 0 aliphatic heterocycles. The highest BCUT2D eigenvalue weighted by atomic mass is 16.5. The van der Waals surface area contributed by atoms with E-state index in [-0.39, 0.29) is 12.1 Å². The standard InChI is InChI=1S/C15H25NO3/c1-11(16)10-13-6-5-7-14(18-4)15(13)19-12(2)8-9-17-3/h5-7,11-12H,8-10,16H2,1-4H3. The average Bonchev–Trinajstić information content (AvgIpc) is 2.37. The van der Waals surface area contributed by atoms with Gasteiger partial charge >= 0.3 is 0 Å². The zero-order valence-corrected chi connectivity index (χ0v) is 12.3. The Morgan fingerprint density at radius 2 is 1.95 bits per heavy atom. The number of methoxy groups -OCH3 is 2. The molecule has 2 unspecified atom stereocenters. The Morgan fingerprint density at radius 3 is 2.53 bits per heavy atom. The molecule has 0 amide bonds. The molecule has 0 aliphatic carbocycles. The van der Waals surface area contributed by atoms with Crippen LogP contribution in [-0.4, -0.2) is 33.0 Å². The number of hydrogen-bond donors (Lipinski definition) is 1. The van der Waals surface area contributed by atoms with Gasteiger partial charge in [0.2, 0.25) is 0 Å². The lowest BCUT2D eigenvalue weighted by Gasteiger charge is -2.20. The van der Waals surface area contributed by atoms with Gasteiger partial charge in [-0.15, -0.1) is 0 Å². The number of benzene rings is 1. The van der Waals surface area contributed by atoms with E-state index in [9.17, 15) is 0 Å². The minimum Gasteiger partial charge on any atom is -0.493 e. The molecule has 4 nitrogen and oxygen atoms in total. The molecule has 19 heavy (non-hydrogen) atoms. The number of ether oxygens (including phenoxy) is 3. The lowest BCUT2D eigenvalue weighted by Crippen LogP contribution is -2.20. The van der Waals surface area contributed by atoms with Crippen molar-refractivity contribution in [3.8, 4) is 11.5 Å². The Kier molecular flexibility index (Phi) is 6.67. The van der Waals surface area contributed by atoms with Gasteiger partial charge < -0.3 is 19.9 Å². The van der Waals surface area contributed by atoms with Crippen LogP contribution in [-0.2, 0) is 11.2 Å². The molecule has 0 saturated carbocycles. The summed E-state index contributed by atoms with van der Waals surface area (Å²) in [6, 6.07) is 5.99. The molecule has 1 aromatic carbocycles. The van der Waals surface area contributed by atoms with E-state index in [0.717, 1.165) is 29.9 Å². The van der Waals surface area contributed by atoms with Crippen LogP contribution in [0.25, 0.3) is 0 Å². The van der Waals surface area contributed by atoms with E-state index in [1.165, 1.54) is 0 Å². The lowest BCUT2D eigenvalue weighted by molar-refractivity contribution is 0.132. The van der Waals surface area contributed by atoms with Crippen molar-refractivity contribution < 1.29 is 14.2 Å². The Hall–Kier alpha value is -1.26. The first-order valence-electron chi connectivity index (χ1n) is 6.65. The predicted octanol–water partition coefficient (Wildman–Crippen LogP) is 2.39. The van der Waals surface area contributed by atoms with Gasteiger partial charge in [-0.25, -0.2) is 0 Å². The Balaban J connectivity index is 2.87. The molecule has 0 radical (unpaired) electrons. The van der Waals surface area contributed by atoms with E-state index in [0.29, 0.717) is 6.61 Å². The zero-order chi connectivity index (χ0) is 14.3. The van der Waals surface area contributed by atoms with Crippen LogP contribution in [0.1, 0.15) is 25.8 Å². The molecule has 1 aromatic rings. The van der Waals surface area contributed by atoms with E-state index >= 15 is 0 Å². The third-order valence-corrected chi connectivity index (χ3v) is 2.87. The summed E-state index contributed by atoms with van der Waals surface area (Å²) >= 11 is 0. The van der Waals surface area contributed by atoms with Crippen LogP contribution in [0.5, 0.6) is 11.5 Å². The SMILES string of the molecule is COCCC(C)Oc1c(CC(C)N)cccc1OC. The van der Waals surface area contributed by atoms with Crippen molar-refractivity contribution in [1.82, 2.24) is 0 Å². The van der Waals surface area contributed by atoms with E-state index < -0.39 is 0 Å². The molecule has 108 valence electrons. The summed E-state index contributed by atoms with van der Waals surface area (Å²) in [5, 5.41) is 0. The molecule has 0 fully saturated rings. The van der Waals surface area contributed by atoms with Crippen molar-refractivity contribution in [2.24, 2.45) is 5.73 Å². The smallest absolute Gasteiger partial charge is 0.164 e. The van der Waals surface area contributed by atoms with Crippen molar-refractivity contribution in [2.75, 3.05) is 20.8 Å². The van der Waals surface area contributed by atoms with Crippen molar-refractivity contribution in [3.63, 3.8) is 0 Å². The van der Waals surface area contributed by atoms with Gasteiger partial charge in [-0.3, -0.25) is 0 Å². The Labute approximate surface area is 115 Å². The van der Waals surface area contributed by atoms with Crippen LogP contribution < -0.4 is 15.2 Å². The first-order valence-corrected chi connectivity index (χ1v) is 6.65. The number of hydrogen-bond acceptors (Lipinski definition) is 4. The molecule has 4 heteroatoms. The third-order valence-electron chi connectivity index (χ3n) is 2.87. The van der Waals surface area contributed by atoms with Crippen molar-refractivity contribution >= 4 is 0 Å². The van der Waals surface area contributed by atoms with Gasteiger partial charge in [0.25, 0.3) is 0 Å². The summed E-state index contributed by atoms with van der Waals surface area (Å²) in [4.78, 5) is 0. The number of nitrogens with two attached hydrogens (primary N) is 1. The van der Waals surface area contributed by atoms with Crippen LogP contribution in [0, 0.1) is 0 Å². The monoisotopic (exact) mass is 267 g/mol. The second-order valence-electron chi connectivity index (χ2n) is 4.84. The molecule has 0 saturated heterocycles. The van der Waals surface area contributed by atoms with Gasteiger partial charge in [-0.2, -0.15) is 0 Å². The van der Waals surface area contributed by atoms with Gasteiger partial charge in [0.05, 0.1) is 13.2 Å². The summed E-state index contributed by atoms with van der Waals surface area (Å²) in [5.74, 6) is 1.55. The second-order valence-corrected chi connectivity index (χ2v) is 4.84. The zero-order valence-electron chi connectivity index (χ0n) is 12.3. The number of rotatable bonds is 8. The van der Waals surface area contributed by atoms with Crippen molar-refractivity contribution in [1.29, 1.82) is 0 Å². The lowest BCUT2D eigenvalue weighted by atomic mass is 10.1. The molecule has 0 aromatic heterocycles. The van der Waals surface area contributed by atoms with Crippen LogP contribution in [0.3, 0.4) is 0 Å². The summed E-state index contributed by atoms with van der Waals surface area (Å²) < 4.78 is 16.5. The molecule has 1 rings (SSSR count). The highest BCUT2D eigenvalue weighted by molar-refractivity contribution is 5.47. The molecular formula is C15H25NO3. The van der Waals surface area contributed by atoms with Crippen LogP contribution >= 0.6 is 0 Å².